The number of aromatic amines is 1. The maximum Gasteiger partial charge on any atom is 0.223 e. The average Bonchev–Trinajstić information content (AvgIpc) is 3.10. The number of carbonyl (C=O) groups excluding carboxylic acids is 1. The van der Waals surface area contributed by atoms with E-state index in [-0.39, 0.29) is 17.6 Å². The molecule has 0 saturated heterocycles. The van der Waals surface area contributed by atoms with Crippen LogP contribution in [0.2, 0.25) is 0 Å². The third-order valence-electron chi connectivity index (χ3n) is 5.21. The number of H-pyrrole nitrogens is 1. The number of hydrogen-bond acceptors (Lipinski definition) is 3. The first-order valence-corrected chi connectivity index (χ1v) is 9.41. The molecule has 1 aliphatic carbocycles. The molecule has 1 heterocycles. The number of nitrogens with zero attached hydrogens (tertiary/aromatic N) is 1. The van der Waals surface area contributed by atoms with Crippen LogP contribution in [0.5, 0.6) is 0 Å². The molecule has 2 aromatic carbocycles. The van der Waals surface area contributed by atoms with Gasteiger partial charge in [0.05, 0.1) is 11.0 Å². The lowest BCUT2D eigenvalue weighted by Gasteiger charge is -2.28. The van der Waals surface area contributed by atoms with Crippen LogP contribution >= 0.6 is 0 Å². The molecule has 5 nitrogen and oxygen atoms in total. The number of fused-ring (bicyclic) bond motifs is 1. The third-order valence-corrected chi connectivity index (χ3v) is 5.21. The van der Waals surface area contributed by atoms with Crippen molar-refractivity contribution < 1.29 is 9.18 Å². The topological polar surface area (TPSA) is 69.8 Å². The van der Waals surface area contributed by atoms with Crippen LogP contribution in [0.25, 0.3) is 11.0 Å². The van der Waals surface area contributed by atoms with E-state index in [1.165, 1.54) is 12.1 Å². The van der Waals surface area contributed by atoms with Gasteiger partial charge in [0.1, 0.15) is 5.82 Å². The quantitative estimate of drug-likeness (QED) is 0.639. The van der Waals surface area contributed by atoms with Crippen LogP contribution in [0.3, 0.4) is 0 Å². The Morgan fingerprint density at radius 2 is 1.81 bits per heavy atom. The lowest BCUT2D eigenvalue weighted by molar-refractivity contribution is -0.126. The second kappa shape index (κ2) is 7.78. The zero-order valence-corrected chi connectivity index (χ0v) is 15.0. The second-order valence-corrected chi connectivity index (χ2v) is 7.14. The van der Waals surface area contributed by atoms with Crippen molar-refractivity contribution in [1.29, 1.82) is 0 Å². The molecule has 0 aliphatic heterocycles. The van der Waals surface area contributed by atoms with E-state index in [2.05, 4.69) is 20.6 Å². The van der Waals surface area contributed by atoms with Crippen LogP contribution in [-0.4, -0.2) is 21.9 Å². The van der Waals surface area contributed by atoms with Crippen molar-refractivity contribution in [2.45, 2.75) is 38.3 Å². The van der Waals surface area contributed by atoms with Gasteiger partial charge in [-0.2, -0.15) is 0 Å². The number of carbonyl (C=O) groups is 1. The van der Waals surface area contributed by atoms with Gasteiger partial charge in [-0.15, -0.1) is 0 Å². The maximum absolute atomic E-state index is 12.9. The normalized spacial score (nSPS) is 19.7. The van der Waals surface area contributed by atoms with Crippen molar-refractivity contribution >= 4 is 22.9 Å². The summed E-state index contributed by atoms with van der Waals surface area (Å²) in [5.41, 5.74) is 2.88. The molecule has 3 aromatic rings. The Morgan fingerprint density at radius 1 is 1.07 bits per heavy atom. The zero-order chi connectivity index (χ0) is 18.6. The van der Waals surface area contributed by atoms with Gasteiger partial charge in [0.2, 0.25) is 11.9 Å². The lowest BCUT2D eigenvalue weighted by Crippen LogP contribution is -2.35. The fourth-order valence-electron chi connectivity index (χ4n) is 3.65. The fraction of sp³-hybridized carbons (Fsp3) is 0.333. The largest absolute Gasteiger partial charge is 0.353 e. The molecule has 27 heavy (non-hydrogen) atoms. The molecule has 1 saturated carbocycles. The number of aromatic nitrogens is 2. The van der Waals surface area contributed by atoms with Crippen molar-refractivity contribution in [3.8, 4) is 0 Å². The number of benzene rings is 2. The summed E-state index contributed by atoms with van der Waals surface area (Å²) in [6.45, 7) is 0.441. The molecule has 1 amide bonds. The van der Waals surface area contributed by atoms with Crippen molar-refractivity contribution in [3.05, 3.63) is 59.9 Å². The summed E-state index contributed by atoms with van der Waals surface area (Å²) in [5, 5.41) is 6.43. The van der Waals surface area contributed by atoms with Gasteiger partial charge in [-0.25, -0.2) is 9.37 Å². The first-order valence-electron chi connectivity index (χ1n) is 9.41. The number of nitrogens with one attached hydrogen (secondary N) is 3. The summed E-state index contributed by atoms with van der Waals surface area (Å²) in [6, 6.07) is 14.5. The van der Waals surface area contributed by atoms with Crippen molar-refractivity contribution in [3.63, 3.8) is 0 Å². The molecule has 0 spiro atoms. The average molecular weight is 366 g/mol. The fourth-order valence-corrected chi connectivity index (χ4v) is 3.65. The summed E-state index contributed by atoms with van der Waals surface area (Å²) >= 11 is 0. The first kappa shape index (κ1) is 17.5. The standard InChI is InChI=1S/C21H23FN4O/c22-16-9-5-14(6-10-16)13-23-20(27)15-7-11-17(12-8-15)24-21-25-18-3-1-2-4-19(18)26-21/h1-6,9-10,15,17H,7-8,11-13H2,(H,23,27)(H2,24,25,26). The molecule has 0 bridgehead atoms. The summed E-state index contributed by atoms with van der Waals surface area (Å²) in [6.07, 6.45) is 3.58. The molecular weight excluding hydrogens is 343 g/mol. The van der Waals surface area contributed by atoms with Crippen molar-refractivity contribution in [2.75, 3.05) is 5.32 Å². The number of halogens is 1. The van der Waals surface area contributed by atoms with E-state index >= 15 is 0 Å². The minimum Gasteiger partial charge on any atom is -0.353 e. The van der Waals surface area contributed by atoms with Gasteiger partial charge in [-0.05, 0) is 55.5 Å². The monoisotopic (exact) mass is 366 g/mol. The van der Waals surface area contributed by atoms with Gasteiger partial charge >= 0.3 is 0 Å². The molecule has 6 heteroatoms. The van der Waals surface area contributed by atoms with E-state index in [1.807, 2.05) is 24.3 Å². The summed E-state index contributed by atoms with van der Waals surface area (Å²) in [7, 11) is 0. The van der Waals surface area contributed by atoms with Crippen LogP contribution in [-0.2, 0) is 11.3 Å². The smallest absolute Gasteiger partial charge is 0.223 e. The van der Waals surface area contributed by atoms with E-state index in [1.54, 1.807) is 12.1 Å². The van der Waals surface area contributed by atoms with Crippen molar-refractivity contribution in [1.82, 2.24) is 15.3 Å². The van der Waals surface area contributed by atoms with Crippen molar-refractivity contribution in [2.24, 2.45) is 5.92 Å². The third kappa shape index (κ3) is 4.27. The number of anilines is 1. The molecule has 140 valence electrons. The molecule has 0 radical (unpaired) electrons. The molecule has 4 rings (SSSR count). The minimum absolute atomic E-state index is 0.0409. The zero-order valence-electron chi connectivity index (χ0n) is 15.0. The van der Waals surface area contributed by atoms with Crippen LogP contribution in [0.15, 0.2) is 48.5 Å². The van der Waals surface area contributed by atoms with Gasteiger partial charge in [0.15, 0.2) is 0 Å². The summed E-state index contributed by atoms with van der Waals surface area (Å²) in [5.74, 6) is 0.654. The maximum atomic E-state index is 12.9. The molecule has 1 aromatic heterocycles. The predicted octanol–water partition coefficient (Wildman–Crippen LogP) is 3.99. The Labute approximate surface area is 157 Å². The highest BCUT2D eigenvalue weighted by Gasteiger charge is 2.26. The van der Waals surface area contributed by atoms with Crippen LogP contribution < -0.4 is 10.6 Å². The van der Waals surface area contributed by atoms with Gasteiger partial charge < -0.3 is 15.6 Å². The highest BCUT2D eigenvalue weighted by Crippen LogP contribution is 2.27. The van der Waals surface area contributed by atoms with Gasteiger partial charge in [-0.3, -0.25) is 4.79 Å². The molecule has 1 aliphatic rings. The van der Waals surface area contributed by atoms with Gasteiger partial charge in [0.25, 0.3) is 0 Å². The van der Waals surface area contributed by atoms with E-state index in [4.69, 9.17) is 0 Å². The number of amides is 1. The Bertz CT molecular complexity index is 880. The van der Waals surface area contributed by atoms with Gasteiger partial charge in [-0.1, -0.05) is 24.3 Å². The number of para-hydroxylation sites is 2. The van der Waals surface area contributed by atoms with E-state index < -0.39 is 0 Å². The van der Waals surface area contributed by atoms with E-state index in [0.29, 0.717) is 12.6 Å². The summed E-state index contributed by atoms with van der Waals surface area (Å²) < 4.78 is 12.9. The minimum atomic E-state index is -0.264. The van der Waals surface area contributed by atoms with E-state index in [0.717, 1.165) is 48.2 Å². The second-order valence-electron chi connectivity index (χ2n) is 7.14. The molecular formula is C21H23FN4O. The predicted molar refractivity (Wildman–Crippen MR) is 104 cm³/mol. The Morgan fingerprint density at radius 3 is 2.56 bits per heavy atom. The number of rotatable bonds is 5. The van der Waals surface area contributed by atoms with E-state index in [9.17, 15) is 9.18 Å². The molecule has 0 atom stereocenters. The highest BCUT2D eigenvalue weighted by molar-refractivity contribution is 5.79. The lowest BCUT2D eigenvalue weighted by atomic mass is 9.85. The van der Waals surface area contributed by atoms with Gasteiger partial charge in [0, 0.05) is 18.5 Å². The highest BCUT2D eigenvalue weighted by atomic mass is 19.1. The molecule has 0 unspecified atom stereocenters. The summed E-state index contributed by atoms with van der Waals surface area (Å²) in [4.78, 5) is 20.2. The number of hydrogen-bond donors (Lipinski definition) is 3. The Hall–Kier alpha value is -2.89. The molecule has 3 N–H and O–H groups in total. The Balaban J connectivity index is 1.25. The number of imidazole rings is 1. The van der Waals surface area contributed by atoms with Crippen LogP contribution in [0, 0.1) is 11.7 Å². The molecule has 1 fully saturated rings. The van der Waals surface area contributed by atoms with Crippen LogP contribution in [0.4, 0.5) is 10.3 Å². The SMILES string of the molecule is O=C(NCc1ccc(F)cc1)C1CCC(Nc2nc3ccccc3[nH]2)CC1. The first-order chi connectivity index (χ1) is 13.2. The Kier molecular flexibility index (Phi) is 5.05. The van der Waals surface area contributed by atoms with Crippen LogP contribution in [0.1, 0.15) is 31.2 Å².